The highest BCUT2D eigenvalue weighted by atomic mass is 31.2. The summed E-state index contributed by atoms with van der Waals surface area (Å²) in [6.07, 6.45) is -0.403. The molecule has 0 atom stereocenters. The minimum absolute atomic E-state index is 0.236. The molecule has 6 nitrogen and oxygen atoms in total. The lowest BCUT2D eigenvalue weighted by atomic mass is 10.4. The van der Waals surface area contributed by atoms with Crippen molar-refractivity contribution in [1.82, 2.24) is 5.16 Å². The van der Waals surface area contributed by atoms with Crippen LogP contribution in [0.4, 0.5) is 0 Å². The number of nitrogens with zero attached hydrogens (tertiary/aromatic N) is 1. The summed E-state index contributed by atoms with van der Waals surface area (Å²) in [6.45, 7) is 0.244. The Morgan fingerprint density at radius 1 is 1.69 bits per heavy atom. The number of methoxy groups -OCH3 is 1. The van der Waals surface area contributed by atoms with Gasteiger partial charge >= 0.3 is 7.60 Å². The van der Waals surface area contributed by atoms with E-state index >= 15 is 0 Å². The van der Waals surface area contributed by atoms with Gasteiger partial charge in [0.15, 0.2) is 5.76 Å². The second-order valence-corrected chi connectivity index (χ2v) is 4.19. The fraction of sp³-hybridized carbons (Fsp3) is 0.500. The van der Waals surface area contributed by atoms with E-state index in [0.717, 1.165) is 0 Å². The molecule has 13 heavy (non-hydrogen) atoms. The highest BCUT2D eigenvalue weighted by molar-refractivity contribution is 7.50. The van der Waals surface area contributed by atoms with Gasteiger partial charge in [0.25, 0.3) is 0 Å². The smallest absolute Gasteiger partial charge is 0.331 e. The maximum absolute atomic E-state index is 10.5. The average Bonchev–Trinajstić information content (AvgIpc) is 2.33. The van der Waals surface area contributed by atoms with Crippen LogP contribution in [-0.2, 0) is 22.1 Å². The molecule has 7 heteroatoms. The van der Waals surface area contributed by atoms with Crippen molar-refractivity contribution in [2.24, 2.45) is 0 Å². The molecule has 74 valence electrons. The highest BCUT2D eigenvalue weighted by Crippen LogP contribution is 2.38. The molecule has 0 aliphatic carbocycles. The van der Waals surface area contributed by atoms with Gasteiger partial charge in [-0.25, -0.2) is 0 Å². The molecule has 1 aromatic heterocycles. The lowest BCUT2D eigenvalue weighted by Gasteiger charge is -1.97. The summed E-state index contributed by atoms with van der Waals surface area (Å²) in [6, 6.07) is 1.46. The third-order valence-corrected chi connectivity index (χ3v) is 2.00. The van der Waals surface area contributed by atoms with Gasteiger partial charge < -0.3 is 19.0 Å². The summed E-state index contributed by atoms with van der Waals surface area (Å²) < 4.78 is 20.0. The monoisotopic (exact) mass is 207 g/mol. The van der Waals surface area contributed by atoms with Crippen LogP contribution in [0.25, 0.3) is 0 Å². The highest BCUT2D eigenvalue weighted by Gasteiger charge is 2.17. The summed E-state index contributed by atoms with van der Waals surface area (Å²) in [5.41, 5.74) is 0.236. The fourth-order valence-corrected chi connectivity index (χ4v) is 1.42. The lowest BCUT2D eigenvalue weighted by Crippen LogP contribution is -1.86. The van der Waals surface area contributed by atoms with Crippen molar-refractivity contribution < 1.29 is 23.6 Å². The SMILES string of the molecule is COCc1cc(CP(=O)(O)O)no1. The molecule has 0 fully saturated rings. The van der Waals surface area contributed by atoms with Crippen LogP contribution in [0, 0.1) is 0 Å². The summed E-state index contributed by atoms with van der Waals surface area (Å²) >= 11 is 0. The molecule has 0 aliphatic rings. The standard InChI is InChI=1S/C6H10NO5P/c1-11-3-6-2-5(7-12-6)4-13(8,9)10/h2H,3-4H2,1H3,(H2,8,9,10). The molecule has 0 bridgehead atoms. The molecule has 1 aromatic rings. The number of hydrogen-bond donors (Lipinski definition) is 2. The molecule has 0 amide bonds. The minimum Gasteiger partial charge on any atom is -0.377 e. The van der Waals surface area contributed by atoms with Crippen LogP contribution in [-0.4, -0.2) is 22.1 Å². The van der Waals surface area contributed by atoms with E-state index in [4.69, 9.17) is 19.0 Å². The van der Waals surface area contributed by atoms with E-state index in [2.05, 4.69) is 5.16 Å². The second-order valence-electron chi connectivity index (χ2n) is 2.54. The van der Waals surface area contributed by atoms with Crippen molar-refractivity contribution in [3.05, 3.63) is 17.5 Å². The lowest BCUT2D eigenvalue weighted by molar-refractivity contribution is 0.156. The molecule has 2 N–H and O–H groups in total. The molecule has 0 spiro atoms. The van der Waals surface area contributed by atoms with Gasteiger partial charge in [-0.15, -0.1) is 0 Å². The summed E-state index contributed by atoms with van der Waals surface area (Å²) in [7, 11) is -2.57. The summed E-state index contributed by atoms with van der Waals surface area (Å²) in [4.78, 5) is 17.2. The first kappa shape index (κ1) is 10.4. The molecule has 1 heterocycles. The Labute approximate surface area is 74.7 Å². The second kappa shape index (κ2) is 4.02. The van der Waals surface area contributed by atoms with Crippen molar-refractivity contribution in [2.75, 3.05) is 7.11 Å². The summed E-state index contributed by atoms with van der Waals surface area (Å²) in [5.74, 6) is 0.450. The van der Waals surface area contributed by atoms with Crippen LogP contribution in [0.1, 0.15) is 11.5 Å². The van der Waals surface area contributed by atoms with Gasteiger partial charge in [-0.2, -0.15) is 0 Å². The van der Waals surface area contributed by atoms with Crippen molar-refractivity contribution in [1.29, 1.82) is 0 Å². The Balaban J connectivity index is 2.64. The largest absolute Gasteiger partial charge is 0.377 e. The van der Waals surface area contributed by atoms with E-state index < -0.39 is 13.8 Å². The van der Waals surface area contributed by atoms with Gasteiger partial charge in [-0.3, -0.25) is 4.57 Å². The molecule has 0 unspecified atom stereocenters. The minimum atomic E-state index is -4.06. The van der Waals surface area contributed by atoms with Gasteiger partial charge in [-0.05, 0) is 0 Å². The third kappa shape index (κ3) is 3.69. The van der Waals surface area contributed by atoms with Crippen LogP contribution in [0.2, 0.25) is 0 Å². The molecular formula is C6H10NO5P. The number of aromatic nitrogens is 1. The number of rotatable bonds is 4. The van der Waals surface area contributed by atoms with E-state index in [1.807, 2.05) is 0 Å². The van der Waals surface area contributed by atoms with Crippen molar-refractivity contribution in [3.8, 4) is 0 Å². The van der Waals surface area contributed by atoms with Crippen LogP contribution >= 0.6 is 7.60 Å². The van der Waals surface area contributed by atoms with Gasteiger partial charge in [0, 0.05) is 13.2 Å². The number of ether oxygens (including phenoxy) is 1. The molecule has 0 aliphatic heterocycles. The van der Waals surface area contributed by atoms with Gasteiger partial charge in [0.05, 0.1) is 11.9 Å². The van der Waals surface area contributed by atoms with Crippen molar-refractivity contribution in [2.45, 2.75) is 12.8 Å². The van der Waals surface area contributed by atoms with E-state index in [-0.39, 0.29) is 12.3 Å². The van der Waals surface area contributed by atoms with E-state index in [9.17, 15) is 4.57 Å². The fourth-order valence-electron chi connectivity index (χ4n) is 0.852. The quantitative estimate of drug-likeness (QED) is 0.698. The molecule has 0 saturated heterocycles. The Kier molecular flexibility index (Phi) is 3.22. The van der Waals surface area contributed by atoms with Crippen LogP contribution < -0.4 is 0 Å². The molecule has 0 radical (unpaired) electrons. The first-order valence-corrected chi connectivity index (χ1v) is 5.29. The molecular weight excluding hydrogens is 197 g/mol. The maximum Gasteiger partial charge on any atom is 0.331 e. The van der Waals surface area contributed by atoms with Crippen LogP contribution in [0.15, 0.2) is 10.6 Å². The Bertz CT molecular complexity index is 317. The van der Waals surface area contributed by atoms with Crippen LogP contribution in [0.3, 0.4) is 0 Å². The maximum atomic E-state index is 10.5. The number of hydrogen-bond acceptors (Lipinski definition) is 4. The average molecular weight is 207 g/mol. The predicted molar refractivity (Wildman–Crippen MR) is 43.0 cm³/mol. The molecule has 0 saturated carbocycles. The third-order valence-electron chi connectivity index (χ3n) is 1.26. The predicted octanol–water partition coefficient (Wildman–Crippen LogP) is 0.499. The van der Waals surface area contributed by atoms with E-state index in [1.54, 1.807) is 0 Å². The Morgan fingerprint density at radius 3 is 2.92 bits per heavy atom. The molecule has 0 aromatic carbocycles. The van der Waals surface area contributed by atoms with Crippen LogP contribution in [0.5, 0.6) is 0 Å². The van der Waals surface area contributed by atoms with Gasteiger partial charge in [0.2, 0.25) is 0 Å². The van der Waals surface area contributed by atoms with Crippen molar-refractivity contribution >= 4 is 7.60 Å². The summed E-state index contributed by atoms with van der Waals surface area (Å²) in [5, 5.41) is 3.47. The van der Waals surface area contributed by atoms with Gasteiger partial charge in [0.1, 0.15) is 6.61 Å². The van der Waals surface area contributed by atoms with E-state index in [0.29, 0.717) is 5.76 Å². The molecule has 1 rings (SSSR count). The van der Waals surface area contributed by atoms with Crippen molar-refractivity contribution in [3.63, 3.8) is 0 Å². The topological polar surface area (TPSA) is 92.8 Å². The zero-order valence-corrected chi connectivity index (χ0v) is 7.90. The van der Waals surface area contributed by atoms with Gasteiger partial charge in [-0.1, -0.05) is 5.16 Å². The zero-order valence-electron chi connectivity index (χ0n) is 7.01. The zero-order chi connectivity index (χ0) is 9.90. The Morgan fingerprint density at radius 2 is 2.38 bits per heavy atom. The first-order chi connectivity index (χ1) is 6.01. The van der Waals surface area contributed by atoms with E-state index in [1.165, 1.54) is 13.2 Å². The Hall–Kier alpha value is -0.680. The normalized spacial score (nSPS) is 11.9. The first-order valence-electron chi connectivity index (χ1n) is 3.49.